The number of hydrogen-bond acceptors (Lipinski definition) is 3. The van der Waals surface area contributed by atoms with Crippen LogP contribution in [0.15, 0.2) is 29.2 Å². The average molecular weight is 265 g/mol. The van der Waals surface area contributed by atoms with Crippen LogP contribution in [0.2, 0.25) is 0 Å². The molecule has 1 fully saturated rings. The molecule has 1 saturated carbocycles. The number of carboxylic acids is 1. The predicted molar refractivity (Wildman–Crippen MR) is 75.3 cm³/mol. The minimum Gasteiger partial charge on any atom is -0.481 e. The summed E-state index contributed by atoms with van der Waals surface area (Å²) in [5.74, 6) is -0.768. The van der Waals surface area contributed by atoms with Crippen molar-refractivity contribution < 1.29 is 9.90 Å². The van der Waals surface area contributed by atoms with Gasteiger partial charge < -0.3 is 10.4 Å². The summed E-state index contributed by atoms with van der Waals surface area (Å²) in [6.07, 6.45) is 5.56. The van der Waals surface area contributed by atoms with Gasteiger partial charge in [-0.05, 0) is 37.1 Å². The van der Waals surface area contributed by atoms with Crippen LogP contribution >= 0.6 is 11.8 Å². The summed E-state index contributed by atoms with van der Waals surface area (Å²) in [5.41, 5.74) is 0.993. The lowest BCUT2D eigenvalue weighted by atomic mass is 10.3. The number of benzene rings is 1. The molecule has 0 spiro atoms. The molecule has 2 rings (SSSR count). The van der Waals surface area contributed by atoms with Gasteiger partial charge in [0.15, 0.2) is 0 Å². The van der Waals surface area contributed by atoms with Crippen LogP contribution in [0.5, 0.6) is 0 Å². The SMILES string of the molecule is O=C(O)CCNc1ccc(SC2CCCC2)cc1. The summed E-state index contributed by atoms with van der Waals surface area (Å²) in [7, 11) is 0. The molecule has 2 N–H and O–H groups in total. The van der Waals surface area contributed by atoms with E-state index in [4.69, 9.17) is 5.11 Å². The Hall–Kier alpha value is -1.16. The Morgan fingerprint density at radius 3 is 2.56 bits per heavy atom. The molecule has 18 heavy (non-hydrogen) atoms. The second-order valence-electron chi connectivity index (χ2n) is 4.62. The maximum atomic E-state index is 10.4. The van der Waals surface area contributed by atoms with Gasteiger partial charge in [-0.2, -0.15) is 0 Å². The van der Waals surface area contributed by atoms with Crippen LogP contribution in [0.3, 0.4) is 0 Å². The van der Waals surface area contributed by atoms with E-state index < -0.39 is 5.97 Å². The predicted octanol–water partition coefficient (Wildman–Crippen LogP) is 3.61. The van der Waals surface area contributed by atoms with Gasteiger partial charge in [-0.1, -0.05) is 12.8 Å². The zero-order valence-electron chi connectivity index (χ0n) is 10.4. The molecule has 0 unspecified atom stereocenters. The fourth-order valence-corrected chi connectivity index (χ4v) is 3.41. The standard InChI is InChI=1S/C14H19NO2S/c16-14(17)9-10-15-11-5-7-13(8-6-11)18-12-3-1-2-4-12/h5-8,12,15H,1-4,9-10H2,(H,16,17). The van der Waals surface area contributed by atoms with Crippen LogP contribution < -0.4 is 5.32 Å². The first-order valence-corrected chi connectivity index (χ1v) is 7.34. The van der Waals surface area contributed by atoms with Crippen LogP contribution in [0, 0.1) is 0 Å². The maximum absolute atomic E-state index is 10.4. The van der Waals surface area contributed by atoms with Crippen molar-refractivity contribution >= 4 is 23.4 Å². The second-order valence-corrected chi connectivity index (χ2v) is 5.99. The molecular weight excluding hydrogens is 246 g/mol. The summed E-state index contributed by atoms with van der Waals surface area (Å²) in [6, 6.07) is 8.29. The molecule has 0 aliphatic heterocycles. The van der Waals surface area contributed by atoms with E-state index in [0.717, 1.165) is 10.9 Å². The Morgan fingerprint density at radius 1 is 1.28 bits per heavy atom. The number of nitrogens with one attached hydrogen (secondary N) is 1. The Kier molecular flexibility index (Phi) is 4.93. The minimum absolute atomic E-state index is 0.151. The molecule has 0 atom stereocenters. The largest absolute Gasteiger partial charge is 0.481 e. The van der Waals surface area contributed by atoms with Crippen LogP contribution in [-0.4, -0.2) is 22.9 Å². The molecule has 1 aromatic carbocycles. The molecule has 0 radical (unpaired) electrons. The van der Waals surface area contributed by atoms with Crippen LogP contribution in [-0.2, 0) is 4.79 Å². The van der Waals surface area contributed by atoms with Crippen molar-refractivity contribution in [1.82, 2.24) is 0 Å². The van der Waals surface area contributed by atoms with E-state index in [-0.39, 0.29) is 6.42 Å². The van der Waals surface area contributed by atoms with Gasteiger partial charge in [0.1, 0.15) is 0 Å². The van der Waals surface area contributed by atoms with E-state index in [1.807, 2.05) is 23.9 Å². The lowest BCUT2D eigenvalue weighted by Crippen LogP contribution is -2.07. The highest BCUT2D eigenvalue weighted by Gasteiger charge is 2.15. The highest BCUT2D eigenvalue weighted by Crippen LogP contribution is 2.34. The zero-order valence-corrected chi connectivity index (χ0v) is 11.2. The fourth-order valence-electron chi connectivity index (χ4n) is 2.16. The number of carboxylic acid groups (broad SMARTS) is 1. The number of aliphatic carboxylic acids is 1. The number of carbonyl (C=O) groups is 1. The van der Waals surface area contributed by atoms with Gasteiger partial charge in [-0.25, -0.2) is 0 Å². The molecule has 1 aliphatic carbocycles. The molecule has 1 aliphatic rings. The summed E-state index contributed by atoms with van der Waals surface area (Å²) in [5, 5.41) is 12.4. The van der Waals surface area contributed by atoms with E-state index in [0.29, 0.717) is 6.54 Å². The van der Waals surface area contributed by atoms with Crippen molar-refractivity contribution in [3.8, 4) is 0 Å². The van der Waals surface area contributed by atoms with Gasteiger partial charge in [0.05, 0.1) is 6.42 Å². The molecule has 0 heterocycles. The maximum Gasteiger partial charge on any atom is 0.305 e. The molecule has 0 amide bonds. The number of thioether (sulfide) groups is 1. The van der Waals surface area contributed by atoms with Crippen molar-refractivity contribution in [3.63, 3.8) is 0 Å². The zero-order chi connectivity index (χ0) is 12.8. The van der Waals surface area contributed by atoms with Gasteiger partial charge in [-0.3, -0.25) is 4.79 Å². The third-order valence-corrected chi connectivity index (χ3v) is 4.48. The van der Waals surface area contributed by atoms with Gasteiger partial charge in [0.25, 0.3) is 0 Å². The Bertz CT molecular complexity index is 385. The highest BCUT2D eigenvalue weighted by atomic mass is 32.2. The van der Waals surface area contributed by atoms with E-state index in [1.54, 1.807) is 0 Å². The van der Waals surface area contributed by atoms with Gasteiger partial charge >= 0.3 is 5.97 Å². The quantitative estimate of drug-likeness (QED) is 0.825. The summed E-state index contributed by atoms with van der Waals surface area (Å²) >= 11 is 1.97. The molecule has 1 aromatic rings. The third-order valence-electron chi connectivity index (χ3n) is 3.13. The summed E-state index contributed by atoms with van der Waals surface area (Å²) in [4.78, 5) is 11.7. The van der Waals surface area contributed by atoms with Crippen molar-refractivity contribution in [1.29, 1.82) is 0 Å². The van der Waals surface area contributed by atoms with Crippen LogP contribution in [0.4, 0.5) is 5.69 Å². The Morgan fingerprint density at radius 2 is 1.94 bits per heavy atom. The van der Waals surface area contributed by atoms with Gasteiger partial charge in [0.2, 0.25) is 0 Å². The fraction of sp³-hybridized carbons (Fsp3) is 0.500. The molecule has 3 nitrogen and oxygen atoms in total. The summed E-state index contributed by atoms with van der Waals surface area (Å²) < 4.78 is 0. The monoisotopic (exact) mass is 265 g/mol. The smallest absolute Gasteiger partial charge is 0.305 e. The van der Waals surface area contributed by atoms with Crippen molar-refractivity contribution in [2.24, 2.45) is 0 Å². The van der Waals surface area contributed by atoms with Gasteiger partial charge in [-0.15, -0.1) is 11.8 Å². The van der Waals surface area contributed by atoms with Crippen LogP contribution in [0.25, 0.3) is 0 Å². The van der Waals surface area contributed by atoms with E-state index >= 15 is 0 Å². The molecule has 0 saturated heterocycles. The molecule has 0 bridgehead atoms. The Labute approximate surface area is 112 Å². The minimum atomic E-state index is -0.768. The molecule has 4 heteroatoms. The first kappa shape index (κ1) is 13.3. The normalized spacial score (nSPS) is 15.8. The molecule has 98 valence electrons. The molecular formula is C14H19NO2S. The van der Waals surface area contributed by atoms with E-state index in [2.05, 4.69) is 17.4 Å². The first-order chi connectivity index (χ1) is 8.74. The van der Waals surface area contributed by atoms with Crippen molar-refractivity contribution in [2.45, 2.75) is 42.2 Å². The summed E-state index contributed by atoms with van der Waals surface area (Å²) in [6.45, 7) is 0.477. The number of hydrogen-bond donors (Lipinski definition) is 2. The van der Waals surface area contributed by atoms with Crippen molar-refractivity contribution in [3.05, 3.63) is 24.3 Å². The first-order valence-electron chi connectivity index (χ1n) is 6.46. The Balaban J connectivity index is 1.79. The lowest BCUT2D eigenvalue weighted by molar-refractivity contribution is -0.136. The van der Waals surface area contributed by atoms with E-state index in [9.17, 15) is 4.79 Å². The molecule has 0 aromatic heterocycles. The van der Waals surface area contributed by atoms with Gasteiger partial charge in [0, 0.05) is 22.4 Å². The van der Waals surface area contributed by atoms with Crippen molar-refractivity contribution in [2.75, 3.05) is 11.9 Å². The second kappa shape index (κ2) is 6.69. The number of anilines is 1. The average Bonchev–Trinajstić information content (AvgIpc) is 2.84. The lowest BCUT2D eigenvalue weighted by Gasteiger charge is -2.10. The van der Waals surface area contributed by atoms with E-state index in [1.165, 1.54) is 30.6 Å². The van der Waals surface area contributed by atoms with Crippen LogP contribution in [0.1, 0.15) is 32.1 Å². The highest BCUT2D eigenvalue weighted by molar-refractivity contribution is 8.00. The third kappa shape index (κ3) is 4.26. The topological polar surface area (TPSA) is 49.3 Å². The number of rotatable bonds is 6.